The minimum atomic E-state index is -0.491. The van der Waals surface area contributed by atoms with Crippen molar-refractivity contribution in [3.8, 4) is 22.6 Å². The number of nitrogens with zero attached hydrogens (tertiary/aromatic N) is 2. The molecule has 0 unspecified atom stereocenters. The number of rotatable bonds is 2. The zero-order valence-corrected chi connectivity index (χ0v) is 22.0. The van der Waals surface area contributed by atoms with Crippen LogP contribution in [-0.2, 0) is 5.41 Å². The summed E-state index contributed by atoms with van der Waals surface area (Å²) in [5.41, 5.74) is 8.37. The van der Waals surface area contributed by atoms with E-state index in [9.17, 15) is 20.3 Å². The highest BCUT2D eigenvalue weighted by atomic mass is 16.5. The minimum Gasteiger partial charge on any atom is -0.755 e. The highest BCUT2D eigenvalue weighted by Crippen LogP contribution is 2.56. The van der Waals surface area contributed by atoms with E-state index < -0.39 is 5.41 Å². The average Bonchev–Trinajstić information content (AvgIpc) is 3.30. The van der Waals surface area contributed by atoms with Crippen molar-refractivity contribution in [2.24, 2.45) is 0 Å². The molecule has 0 fully saturated rings. The number of nitroso groups, excluding NO2 is 1. The molecule has 0 spiro atoms. The fraction of sp³-hybridized carbons (Fsp3) is 0.0286. The van der Waals surface area contributed by atoms with E-state index in [1.807, 2.05) is 24.3 Å². The first-order chi connectivity index (χ1) is 20.0. The molecule has 2 N–H and O–H groups in total. The third-order valence-corrected chi connectivity index (χ3v) is 7.49. The van der Waals surface area contributed by atoms with Crippen molar-refractivity contribution in [2.75, 3.05) is 0 Å². The van der Waals surface area contributed by atoms with Crippen LogP contribution in [0.3, 0.4) is 0 Å². The second-order valence-corrected chi connectivity index (χ2v) is 9.83. The van der Waals surface area contributed by atoms with Gasteiger partial charge in [-0.25, -0.2) is 0 Å². The highest BCUT2D eigenvalue weighted by Gasteiger charge is 2.45. The fourth-order valence-electron chi connectivity index (χ4n) is 5.66. The van der Waals surface area contributed by atoms with Gasteiger partial charge in [0, 0.05) is 17.1 Å². The first kappa shape index (κ1) is 25.8. The Kier molecular flexibility index (Phi) is 6.67. The number of hydrogen-bond donors (Lipinski definition) is 2. The van der Waals surface area contributed by atoms with Gasteiger partial charge in [0.1, 0.15) is 11.5 Å². The lowest BCUT2D eigenvalue weighted by molar-refractivity contribution is -0.403. The van der Waals surface area contributed by atoms with Gasteiger partial charge in [0.2, 0.25) is 12.4 Å². The Morgan fingerprint density at radius 1 is 0.585 bits per heavy atom. The average molecular weight is 539 g/mol. The van der Waals surface area contributed by atoms with Crippen LogP contribution in [0.15, 0.2) is 157 Å². The van der Waals surface area contributed by atoms with Crippen molar-refractivity contribution in [2.45, 2.75) is 5.41 Å². The third kappa shape index (κ3) is 4.67. The number of hydrogen-bond acceptors (Lipinski definition) is 5. The van der Waals surface area contributed by atoms with Gasteiger partial charge >= 0.3 is 0 Å². The maximum atomic E-state index is 10.8. The van der Waals surface area contributed by atoms with Crippen molar-refractivity contribution in [1.82, 2.24) is 5.06 Å². The second kappa shape index (κ2) is 10.6. The van der Waals surface area contributed by atoms with Gasteiger partial charge in [-0.1, -0.05) is 72.8 Å². The molecular weight excluding hydrogens is 512 g/mol. The first-order valence-electron chi connectivity index (χ1n) is 13.1. The van der Waals surface area contributed by atoms with Gasteiger partial charge in [-0.3, -0.25) is 0 Å². The van der Waals surface area contributed by atoms with Crippen molar-refractivity contribution in [1.29, 1.82) is 0 Å². The molecule has 0 radical (unpaired) electrons. The molecule has 1 aliphatic carbocycles. The predicted molar refractivity (Wildman–Crippen MR) is 159 cm³/mol. The van der Waals surface area contributed by atoms with Crippen LogP contribution >= 0.6 is 0 Å². The van der Waals surface area contributed by atoms with Crippen LogP contribution in [-0.4, -0.2) is 20.0 Å². The predicted octanol–water partition coefficient (Wildman–Crippen LogP) is 7.40. The number of fused-ring (bicyclic) bond motifs is 3. The van der Waals surface area contributed by atoms with Crippen LogP contribution in [0.25, 0.3) is 11.1 Å². The summed E-state index contributed by atoms with van der Waals surface area (Å²) in [4.78, 5) is 10.8. The summed E-state index contributed by atoms with van der Waals surface area (Å²) in [6.45, 7) is 0. The van der Waals surface area contributed by atoms with Crippen molar-refractivity contribution in [3.05, 3.63) is 190 Å². The molecular formula is C35H26N2O4. The van der Waals surface area contributed by atoms with Crippen molar-refractivity contribution >= 4 is 0 Å². The van der Waals surface area contributed by atoms with Crippen molar-refractivity contribution < 1.29 is 15.0 Å². The summed E-state index contributed by atoms with van der Waals surface area (Å²) in [6, 6.07) is 31.9. The van der Waals surface area contributed by atoms with Gasteiger partial charge in [0.15, 0.2) is 0 Å². The highest BCUT2D eigenvalue weighted by molar-refractivity contribution is 5.86. The molecule has 41 heavy (non-hydrogen) atoms. The normalized spacial score (nSPS) is 15.8. The summed E-state index contributed by atoms with van der Waals surface area (Å²) in [7, 11) is 0. The molecule has 0 bridgehead atoms. The van der Waals surface area contributed by atoms with E-state index in [1.165, 1.54) is 47.1 Å². The van der Waals surface area contributed by atoms with E-state index in [2.05, 4.69) is 48.5 Å². The molecule has 0 saturated heterocycles. The number of benzene rings is 4. The molecule has 200 valence electrons. The van der Waals surface area contributed by atoms with Crippen LogP contribution in [0.1, 0.15) is 22.3 Å². The number of phenolic OH excluding ortho intramolecular Hbond substituents is 2. The maximum absolute atomic E-state index is 10.8. The van der Waals surface area contributed by atoms with Crippen LogP contribution in [0, 0.1) is 10.1 Å². The quantitative estimate of drug-likeness (QED) is 0.229. The van der Waals surface area contributed by atoms with Crippen molar-refractivity contribution in [3.63, 3.8) is 0 Å². The van der Waals surface area contributed by atoms with E-state index in [-0.39, 0.29) is 11.5 Å². The van der Waals surface area contributed by atoms with E-state index in [0.29, 0.717) is 0 Å². The van der Waals surface area contributed by atoms with Gasteiger partial charge in [-0.15, -0.1) is 0 Å². The lowest BCUT2D eigenvalue weighted by Crippen LogP contribution is -2.28. The standard InChI is InChI=1S/C25H18O2.C10H8N2O2/c26-19-13-9-17(10-14-19)25(18-11-15-20(27)16-12-18)23-7-3-1-5-21(23)22-6-2-4-8-24(22)25;13-11-5-1-9(2-6-11)10-3-7-12(14)8-4-10/h1-16,26-27H;1-8H. The van der Waals surface area contributed by atoms with Crippen LogP contribution in [0.5, 0.6) is 11.5 Å². The molecule has 0 saturated carbocycles. The molecule has 0 atom stereocenters. The second-order valence-electron chi connectivity index (χ2n) is 9.83. The van der Waals surface area contributed by atoms with Gasteiger partial charge in [-0.2, -0.15) is 0 Å². The van der Waals surface area contributed by atoms with Crippen LogP contribution in [0.4, 0.5) is 0 Å². The summed E-state index contributed by atoms with van der Waals surface area (Å²) >= 11 is 0. The third-order valence-electron chi connectivity index (χ3n) is 7.49. The Bertz CT molecular complexity index is 1650. The molecule has 2 heterocycles. The molecule has 4 aromatic carbocycles. The van der Waals surface area contributed by atoms with E-state index in [1.54, 1.807) is 48.6 Å². The van der Waals surface area contributed by atoms with Crippen LogP contribution in [0.2, 0.25) is 0 Å². The SMILES string of the molecule is O=[N+]1C=CC(=C2C=CN([O-])C=C2)C=C1.Oc1ccc(C2(c3ccc(O)cc3)c3ccccc3-c3ccccc32)cc1. The molecule has 4 aromatic rings. The smallest absolute Gasteiger partial charge is 0.228 e. The van der Waals surface area contributed by atoms with Crippen LogP contribution < -0.4 is 0 Å². The summed E-state index contributed by atoms with van der Waals surface area (Å²) in [5.74, 6) is 0.498. The van der Waals surface area contributed by atoms with Gasteiger partial charge < -0.3 is 20.5 Å². The summed E-state index contributed by atoms with van der Waals surface area (Å²) in [5, 5.41) is 31.2. The number of phenols is 2. The Balaban J connectivity index is 0.000000182. The summed E-state index contributed by atoms with van der Waals surface area (Å²) in [6.07, 6.45) is 12.5. The Morgan fingerprint density at radius 2 is 1.00 bits per heavy atom. The largest absolute Gasteiger partial charge is 0.755 e. The molecule has 0 aromatic heterocycles. The molecule has 6 nitrogen and oxygen atoms in total. The number of aromatic hydroxyl groups is 2. The fourth-order valence-corrected chi connectivity index (χ4v) is 5.66. The molecule has 3 aliphatic rings. The van der Waals surface area contributed by atoms with Gasteiger partial charge in [-0.05, 0) is 93.3 Å². The van der Waals surface area contributed by atoms with Gasteiger partial charge in [0.05, 0.1) is 10.2 Å². The maximum Gasteiger partial charge on any atom is 0.228 e. The van der Waals surface area contributed by atoms with E-state index in [4.69, 9.17) is 0 Å². The Morgan fingerprint density at radius 3 is 1.46 bits per heavy atom. The molecule has 0 amide bonds. The molecule has 2 aliphatic heterocycles. The molecule has 7 rings (SSSR count). The van der Waals surface area contributed by atoms with E-state index in [0.717, 1.165) is 32.1 Å². The topological polar surface area (TPSA) is 86.8 Å². The lowest BCUT2D eigenvalue weighted by Gasteiger charge is -2.33. The Hall–Kier alpha value is -5.46. The number of hydroxylamine groups is 2. The van der Waals surface area contributed by atoms with E-state index >= 15 is 0 Å². The zero-order chi connectivity index (χ0) is 28.4. The first-order valence-corrected chi connectivity index (χ1v) is 13.1. The van der Waals surface area contributed by atoms with Gasteiger partial charge in [0.25, 0.3) is 0 Å². The zero-order valence-electron chi connectivity index (χ0n) is 22.0. The number of allylic oxidation sites excluding steroid dienone is 6. The lowest BCUT2D eigenvalue weighted by atomic mass is 9.68. The monoisotopic (exact) mass is 538 g/mol. The minimum absolute atomic E-state index is 0.249. The Labute approximate surface area is 237 Å². The summed E-state index contributed by atoms with van der Waals surface area (Å²) < 4.78 is 0.722. The molecule has 6 heteroatoms.